The maximum atomic E-state index is 12.3. The van der Waals surface area contributed by atoms with Gasteiger partial charge in [0.2, 0.25) is 5.76 Å². The third-order valence-electron chi connectivity index (χ3n) is 6.46. The smallest absolute Gasteiger partial charge is 0.334 e. The molecule has 0 aromatic carbocycles. The Morgan fingerprint density at radius 2 is 1.57 bits per heavy atom. The summed E-state index contributed by atoms with van der Waals surface area (Å²) in [6, 6.07) is 16.3. The lowest BCUT2D eigenvalue weighted by atomic mass is 10.1. The van der Waals surface area contributed by atoms with Gasteiger partial charge in [-0.1, -0.05) is 12.1 Å². The fourth-order valence-corrected chi connectivity index (χ4v) is 6.24. The topological polar surface area (TPSA) is 140 Å². The van der Waals surface area contributed by atoms with Crippen LogP contribution in [0.15, 0.2) is 97.4 Å². The number of thiophene rings is 2. The number of amides is 1. The van der Waals surface area contributed by atoms with Crippen LogP contribution in [0.3, 0.4) is 0 Å². The molecule has 0 unspecified atom stereocenters. The van der Waals surface area contributed by atoms with Crippen LogP contribution in [0, 0.1) is 11.3 Å². The van der Waals surface area contributed by atoms with Crippen molar-refractivity contribution in [1.29, 1.82) is 5.26 Å². The average Bonchev–Trinajstić information content (AvgIpc) is 3.84. The molecule has 0 atom stereocenters. The number of nitrogens with one attached hydrogen (secondary N) is 1. The van der Waals surface area contributed by atoms with Crippen molar-refractivity contribution in [3.8, 4) is 6.07 Å². The Kier molecular flexibility index (Phi) is 8.57. The summed E-state index contributed by atoms with van der Waals surface area (Å²) in [4.78, 5) is 49.2. The zero-order chi connectivity index (χ0) is 29.6. The zero-order valence-corrected chi connectivity index (χ0v) is 23.8. The zero-order valence-electron chi connectivity index (χ0n) is 22.2. The molecule has 1 aliphatic heterocycles. The van der Waals surface area contributed by atoms with Crippen LogP contribution in [-0.2, 0) is 23.9 Å². The summed E-state index contributed by atoms with van der Waals surface area (Å²) in [7, 11) is 1.34. The Labute approximate surface area is 248 Å². The van der Waals surface area contributed by atoms with Crippen molar-refractivity contribution in [2.45, 2.75) is 19.3 Å². The van der Waals surface area contributed by atoms with Crippen molar-refractivity contribution >= 4 is 63.0 Å². The van der Waals surface area contributed by atoms with E-state index in [1.165, 1.54) is 42.3 Å². The van der Waals surface area contributed by atoms with Gasteiger partial charge in [-0.15, -0.1) is 22.7 Å². The number of rotatable bonds is 4. The maximum Gasteiger partial charge on any atom is 0.334 e. The molecule has 5 heterocycles. The standard InChI is InChI=1S/C15H9NO3S.C11H10O3S.C5H3NO/c17-9-7-8(11-4-2-6-20-11)12-13(9)14(16-15(12)18)10-3-1-5-19-10;1-14-11(13)9-6-7(12)5-8(9)10-3-2-4-15-10;6-4-5-2-1-3-7-5/h1-6H,7H2,(H,16,18);2-4H,5-6H2,1H3;1-3H. The Morgan fingerprint density at radius 1 is 0.881 bits per heavy atom. The third-order valence-corrected chi connectivity index (χ3v) is 8.32. The molecular weight excluding hydrogens is 576 g/mol. The van der Waals surface area contributed by atoms with Crippen LogP contribution in [0.25, 0.3) is 16.8 Å². The molecule has 3 aliphatic rings. The number of hydrogen-bond acceptors (Lipinski definition) is 10. The van der Waals surface area contributed by atoms with E-state index in [1.54, 1.807) is 24.3 Å². The van der Waals surface area contributed by atoms with E-state index < -0.39 is 0 Å². The molecule has 1 N–H and O–H groups in total. The number of methoxy groups -OCH3 is 1. The molecule has 42 heavy (non-hydrogen) atoms. The van der Waals surface area contributed by atoms with Gasteiger partial charge in [-0.25, -0.2) is 4.79 Å². The number of nitriles is 1. The number of ketones is 2. The average molecular weight is 599 g/mol. The van der Waals surface area contributed by atoms with Gasteiger partial charge in [0.25, 0.3) is 5.91 Å². The molecule has 11 heteroatoms. The molecular formula is C31H22N2O7S2. The number of furan rings is 2. The summed E-state index contributed by atoms with van der Waals surface area (Å²) in [5, 5.41) is 14.7. The minimum atomic E-state index is -0.385. The van der Waals surface area contributed by atoms with Gasteiger partial charge in [0.15, 0.2) is 11.5 Å². The monoisotopic (exact) mass is 598 g/mol. The maximum absolute atomic E-state index is 12.3. The quantitative estimate of drug-likeness (QED) is 0.291. The highest BCUT2D eigenvalue weighted by Crippen LogP contribution is 2.43. The van der Waals surface area contributed by atoms with E-state index in [4.69, 9.17) is 9.68 Å². The lowest BCUT2D eigenvalue weighted by molar-refractivity contribution is -0.136. The number of esters is 1. The molecule has 0 fully saturated rings. The highest BCUT2D eigenvalue weighted by Gasteiger charge is 2.41. The highest BCUT2D eigenvalue weighted by molar-refractivity contribution is 7.11. The molecule has 4 aromatic heterocycles. The van der Waals surface area contributed by atoms with E-state index in [9.17, 15) is 19.2 Å². The summed E-state index contributed by atoms with van der Waals surface area (Å²) < 4.78 is 14.6. The van der Waals surface area contributed by atoms with Crippen molar-refractivity contribution in [2.75, 3.05) is 7.11 Å². The molecule has 7 rings (SSSR count). The van der Waals surface area contributed by atoms with E-state index in [1.807, 2.05) is 41.1 Å². The van der Waals surface area contributed by atoms with Gasteiger partial charge in [0.05, 0.1) is 36.5 Å². The Bertz CT molecular complexity index is 1700. The number of nitrogens with zero attached hydrogens (tertiary/aromatic N) is 1. The van der Waals surface area contributed by atoms with Gasteiger partial charge < -0.3 is 18.9 Å². The van der Waals surface area contributed by atoms with E-state index in [0.717, 1.165) is 20.9 Å². The van der Waals surface area contributed by atoms with Crippen LogP contribution in [0.1, 0.15) is 40.5 Å². The van der Waals surface area contributed by atoms with E-state index in [2.05, 4.69) is 14.5 Å². The summed E-state index contributed by atoms with van der Waals surface area (Å²) in [5.74, 6) is 0.320. The molecule has 0 saturated heterocycles. The fourth-order valence-electron chi connectivity index (χ4n) is 4.66. The summed E-state index contributed by atoms with van der Waals surface area (Å²) >= 11 is 3.07. The minimum Gasteiger partial charge on any atom is -0.466 e. The first-order chi connectivity index (χ1) is 20.4. The van der Waals surface area contributed by atoms with Gasteiger partial charge >= 0.3 is 5.97 Å². The lowest BCUT2D eigenvalue weighted by Crippen LogP contribution is -2.16. The summed E-state index contributed by atoms with van der Waals surface area (Å²) in [5.41, 5.74) is 3.63. The van der Waals surface area contributed by atoms with Gasteiger partial charge in [-0.3, -0.25) is 14.4 Å². The van der Waals surface area contributed by atoms with Crippen LogP contribution in [0.2, 0.25) is 0 Å². The number of fused-ring (bicyclic) bond motifs is 1. The molecule has 0 radical (unpaired) electrons. The van der Waals surface area contributed by atoms with Crippen molar-refractivity contribution in [1.82, 2.24) is 5.32 Å². The number of carbonyl (C=O) groups is 4. The molecule has 0 saturated carbocycles. The van der Waals surface area contributed by atoms with Crippen molar-refractivity contribution in [2.24, 2.45) is 0 Å². The molecule has 9 nitrogen and oxygen atoms in total. The predicted octanol–water partition coefficient (Wildman–Crippen LogP) is 5.80. The van der Waals surface area contributed by atoms with E-state index >= 15 is 0 Å². The molecule has 0 bridgehead atoms. The summed E-state index contributed by atoms with van der Waals surface area (Å²) in [6.07, 6.45) is 3.84. The van der Waals surface area contributed by atoms with Crippen molar-refractivity contribution < 1.29 is 32.7 Å². The fraction of sp³-hybridized carbons (Fsp3) is 0.129. The van der Waals surface area contributed by atoms with Crippen LogP contribution in [0.5, 0.6) is 0 Å². The normalized spacial score (nSPS) is 15.6. The molecule has 4 aromatic rings. The van der Waals surface area contributed by atoms with Gasteiger partial charge in [0.1, 0.15) is 11.9 Å². The number of hydrogen-bond donors (Lipinski definition) is 1. The summed E-state index contributed by atoms with van der Waals surface area (Å²) in [6.45, 7) is 0. The van der Waals surface area contributed by atoms with Crippen LogP contribution >= 0.6 is 22.7 Å². The van der Waals surface area contributed by atoms with Crippen LogP contribution in [-0.4, -0.2) is 30.6 Å². The van der Waals surface area contributed by atoms with Crippen LogP contribution < -0.4 is 5.32 Å². The SMILES string of the molecule is COC(=O)C1=C(c2cccs2)CC(=O)C1.N#Cc1ccco1.O=C1CC(c2cccs2)=C2C(=O)NC(c3ccco3)=C12. The molecule has 2 aliphatic carbocycles. The Hall–Kier alpha value is -5.05. The number of carbonyl (C=O) groups excluding carboxylic acids is 4. The van der Waals surface area contributed by atoms with E-state index in [-0.39, 0.29) is 36.3 Å². The first kappa shape index (κ1) is 28.5. The first-order valence-electron chi connectivity index (χ1n) is 12.6. The first-order valence-corrected chi connectivity index (χ1v) is 14.4. The minimum absolute atomic E-state index is 0.0341. The molecule has 210 valence electrons. The Morgan fingerprint density at radius 3 is 2.12 bits per heavy atom. The van der Waals surface area contributed by atoms with Gasteiger partial charge in [0, 0.05) is 34.6 Å². The number of ether oxygens (including phenoxy) is 1. The predicted molar refractivity (Wildman–Crippen MR) is 156 cm³/mol. The van der Waals surface area contributed by atoms with Gasteiger partial charge in [-0.05, 0) is 58.3 Å². The number of Topliss-reactive ketones (excluding diaryl/α,β-unsaturated/α-hetero) is 2. The lowest BCUT2D eigenvalue weighted by Gasteiger charge is -2.01. The highest BCUT2D eigenvalue weighted by atomic mass is 32.1. The second-order valence-corrected chi connectivity index (χ2v) is 10.9. The largest absolute Gasteiger partial charge is 0.466 e. The second kappa shape index (κ2) is 12.6. The Balaban J connectivity index is 0.000000141. The second-order valence-electron chi connectivity index (χ2n) is 9.02. The van der Waals surface area contributed by atoms with E-state index in [0.29, 0.717) is 40.4 Å². The van der Waals surface area contributed by atoms with Crippen molar-refractivity contribution in [3.63, 3.8) is 0 Å². The van der Waals surface area contributed by atoms with Gasteiger partial charge in [-0.2, -0.15) is 5.26 Å². The van der Waals surface area contributed by atoms with Crippen molar-refractivity contribution in [3.05, 3.63) is 110 Å². The third kappa shape index (κ3) is 5.85. The molecule has 1 amide bonds. The van der Waals surface area contributed by atoms with Crippen LogP contribution in [0.4, 0.5) is 0 Å². The number of allylic oxidation sites excluding steroid dienone is 2. The molecule has 0 spiro atoms.